The molecule has 70 valence electrons. The Morgan fingerprint density at radius 2 is 2.00 bits per heavy atom. The molecule has 1 aliphatic heterocycles. The molecule has 0 N–H and O–H groups in total. The molecule has 1 fully saturated rings. The summed E-state index contributed by atoms with van der Waals surface area (Å²) in [5.41, 5.74) is 1.20. The van der Waals surface area contributed by atoms with Crippen LogP contribution in [0.1, 0.15) is 24.3 Å². The van der Waals surface area contributed by atoms with E-state index in [1.807, 2.05) is 12.1 Å². The van der Waals surface area contributed by atoms with Crippen molar-refractivity contribution in [2.45, 2.75) is 18.8 Å². The lowest BCUT2D eigenvalue weighted by atomic mass is 9.94. The van der Waals surface area contributed by atoms with Gasteiger partial charge in [-0.25, -0.2) is 4.39 Å². The predicted molar refractivity (Wildman–Crippen MR) is 49.2 cm³/mol. The molecular weight excluding hydrogens is 167 g/mol. The second-order valence-corrected chi connectivity index (χ2v) is 3.47. The highest BCUT2D eigenvalue weighted by molar-refractivity contribution is 5.20. The van der Waals surface area contributed by atoms with Gasteiger partial charge in [-0.05, 0) is 30.5 Å². The highest BCUT2D eigenvalue weighted by Crippen LogP contribution is 2.25. The lowest BCUT2D eigenvalue weighted by Crippen LogP contribution is -2.15. The maximum atomic E-state index is 12.6. The second kappa shape index (κ2) is 3.88. The van der Waals surface area contributed by atoms with E-state index in [1.54, 1.807) is 0 Å². The van der Waals surface area contributed by atoms with Gasteiger partial charge in [0.15, 0.2) is 0 Å². The van der Waals surface area contributed by atoms with Gasteiger partial charge in [-0.1, -0.05) is 12.1 Å². The molecule has 1 aromatic rings. The molecule has 1 aromatic carbocycles. The number of hydrogen-bond acceptors (Lipinski definition) is 1. The van der Waals surface area contributed by atoms with Crippen LogP contribution < -0.4 is 0 Å². The van der Waals surface area contributed by atoms with Gasteiger partial charge < -0.3 is 4.74 Å². The van der Waals surface area contributed by atoms with Crippen LogP contribution in [0.2, 0.25) is 0 Å². The standard InChI is InChI=1S/C11H13FO/c12-11-5-3-9(4-6-11)10-2-1-7-13-8-10/h3-6,10H,1-2,7-8H2. The van der Waals surface area contributed by atoms with E-state index in [4.69, 9.17) is 4.74 Å². The molecule has 0 saturated carbocycles. The Hall–Kier alpha value is -0.890. The first-order chi connectivity index (χ1) is 6.36. The van der Waals surface area contributed by atoms with Crippen molar-refractivity contribution in [3.05, 3.63) is 35.6 Å². The Bertz CT molecular complexity index is 262. The molecule has 0 radical (unpaired) electrons. The monoisotopic (exact) mass is 180 g/mol. The summed E-state index contributed by atoms with van der Waals surface area (Å²) in [5.74, 6) is 0.301. The highest BCUT2D eigenvalue weighted by atomic mass is 19.1. The topological polar surface area (TPSA) is 9.23 Å². The molecular formula is C11H13FO. The number of halogens is 1. The molecule has 0 amide bonds. The van der Waals surface area contributed by atoms with Gasteiger partial charge in [-0.3, -0.25) is 0 Å². The van der Waals surface area contributed by atoms with Crippen LogP contribution in [0.4, 0.5) is 4.39 Å². The first kappa shape index (κ1) is 8.70. The van der Waals surface area contributed by atoms with Gasteiger partial charge in [-0.2, -0.15) is 0 Å². The molecule has 1 unspecified atom stereocenters. The highest BCUT2D eigenvalue weighted by Gasteiger charge is 2.15. The van der Waals surface area contributed by atoms with Gasteiger partial charge in [0.25, 0.3) is 0 Å². The van der Waals surface area contributed by atoms with Crippen LogP contribution in [0.25, 0.3) is 0 Å². The molecule has 2 rings (SSSR count). The first-order valence-electron chi connectivity index (χ1n) is 4.69. The van der Waals surface area contributed by atoms with E-state index in [1.165, 1.54) is 17.7 Å². The Morgan fingerprint density at radius 1 is 1.23 bits per heavy atom. The Balaban J connectivity index is 2.10. The summed E-state index contributed by atoms with van der Waals surface area (Å²) in [7, 11) is 0. The molecule has 1 nitrogen and oxygen atoms in total. The van der Waals surface area contributed by atoms with Crippen LogP contribution in [0.5, 0.6) is 0 Å². The molecule has 0 spiro atoms. The fourth-order valence-corrected chi connectivity index (χ4v) is 1.74. The molecule has 0 aromatic heterocycles. The Kier molecular flexibility index (Phi) is 2.60. The van der Waals surface area contributed by atoms with E-state index in [0.29, 0.717) is 5.92 Å². The van der Waals surface area contributed by atoms with E-state index in [-0.39, 0.29) is 5.82 Å². The molecule has 1 heterocycles. The quantitative estimate of drug-likeness (QED) is 0.645. The maximum absolute atomic E-state index is 12.6. The van der Waals surface area contributed by atoms with Crippen molar-refractivity contribution in [2.75, 3.05) is 13.2 Å². The van der Waals surface area contributed by atoms with Crippen LogP contribution in [-0.2, 0) is 4.74 Å². The third-order valence-corrected chi connectivity index (χ3v) is 2.50. The number of rotatable bonds is 1. The average Bonchev–Trinajstić information content (AvgIpc) is 2.20. The summed E-state index contributed by atoms with van der Waals surface area (Å²) >= 11 is 0. The zero-order valence-corrected chi connectivity index (χ0v) is 7.50. The zero-order chi connectivity index (χ0) is 9.10. The van der Waals surface area contributed by atoms with Gasteiger partial charge >= 0.3 is 0 Å². The lowest BCUT2D eigenvalue weighted by Gasteiger charge is -2.22. The SMILES string of the molecule is Fc1ccc(C2CCCOC2)cc1. The van der Waals surface area contributed by atoms with Gasteiger partial charge in [0.05, 0.1) is 6.61 Å². The van der Waals surface area contributed by atoms with Crippen molar-refractivity contribution < 1.29 is 9.13 Å². The predicted octanol–water partition coefficient (Wildman–Crippen LogP) is 2.72. The van der Waals surface area contributed by atoms with Gasteiger partial charge in [0, 0.05) is 12.5 Å². The third kappa shape index (κ3) is 2.07. The molecule has 1 atom stereocenters. The Labute approximate surface area is 77.5 Å². The summed E-state index contributed by atoms with van der Waals surface area (Å²) in [6.45, 7) is 1.66. The summed E-state index contributed by atoms with van der Waals surface area (Å²) in [6.07, 6.45) is 2.27. The number of ether oxygens (including phenoxy) is 1. The van der Waals surface area contributed by atoms with E-state index in [0.717, 1.165) is 26.1 Å². The van der Waals surface area contributed by atoms with Crippen molar-refractivity contribution in [2.24, 2.45) is 0 Å². The Morgan fingerprint density at radius 3 is 2.62 bits per heavy atom. The van der Waals surface area contributed by atoms with Crippen LogP contribution in [0.15, 0.2) is 24.3 Å². The molecule has 13 heavy (non-hydrogen) atoms. The van der Waals surface area contributed by atoms with Crippen molar-refractivity contribution >= 4 is 0 Å². The zero-order valence-electron chi connectivity index (χ0n) is 7.50. The van der Waals surface area contributed by atoms with Crippen LogP contribution >= 0.6 is 0 Å². The second-order valence-electron chi connectivity index (χ2n) is 3.47. The van der Waals surface area contributed by atoms with E-state index in [9.17, 15) is 4.39 Å². The summed E-state index contributed by atoms with van der Waals surface area (Å²) in [5, 5.41) is 0. The fourth-order valence-electron chi connectivity index (χ4n) is 1.74. The third-order valence-electron chi connectivity index (χ3n) is 2.50. The van der Waals surface area contributed by atoms with E-state index < -0.39 is 0 Å². The van der Waals surface area contributed by atoms with Crippen molar-refractivity contribution in [3.63, 3.8) is 0 Å². The minimum Gasteiger partial charge on any atom is -0.381 e. The first-order valence-corrected chi connectivity index (χ1v) is 4.69. The van der Waals surface area contributed by atoms with E-state index in [2.05, 4.69) is 0 Å². The van der Waals surface area contributed by atoms with Crippen LogP contribution in [0.3, 0.4) is 0 Å². The van der Waals surface area contributed by atoms with Gasteiger partial charge in [-0.15, -0.1) is 0 Å². The minimum absolute atomic E-state index is 0.166. The van der Waals surface area contributed by atoms with Crippen LogP contribution in [-0.4, -0.2) is 13.2 Å². The van der Waals surface area contributed by atoms with Gasteiger partial charge in [0.2, 0.25) is 0 Å². The largest absolute Gasteiger partial charge is 0.381 e. The van der Waals surface area contributed by atoms with Gasteiger partial charge in [0.1, 0.15) is 5.82 Å². The summed E-state index contributed by atoms with van der Waals surface area (Å²) < 4.78 is 18.0. The van der Waals surface area contributed by atoms with Crippen molar-refractivity contribution in [1.29, 1.82) is 0 Å². The molecule has 0 aliphatic carbocycles. The van der Waals surface area contributed by atoms with Crippen molar-refractivity contribution in [1.82, 2.24) is 0 Å². The number of hydrogen-bond donors (Lipinski definition) is 0. The molecule has 1 aliphatic rings. The lowest BCUT2D eigenvalue weighted by molar-refractivity contribution is 0.0804. The molecule has 2 heteroatoms. The van der Waals surface area contributed by atoms with Crippen LogP contribution in [0, 0.1) is 5.82 Å². The van der Waals surface area contributed by atoms with Crippen molar-refractivity contribution in [3.8, 4) is 0 Å². The summed E-state index contributed by atoms with van der Waals surface area (Å²) in [4.78, 5) is 0. The average molecular weight is 180 g/mol. The summed E-state index contributed by atoms with van der Waals surface area (Å²) in [6, 6.07) is 6.75. The minimum atomic E-state index is -0.166. The number of benzene rings is 1. The maximum Gasteiger partial charge on any atom is 0.123 e. The molecule has 1 saturated heterocycles. The fraction of sp³-hybridized carbons (Fsp3) is 0.455. The smallest absolute Gasteiger partial charge is 0.123 e. The normalized spacial score (nSPS) is 23.0. The molecule has 0 bridgehead atoms. The van der Waals surface area contributed by atoms with E-state index >= 15 is 0 Å².